The molecule has 1 aromatic carbocycles. The van der Waals surface area contributed by atoms with Crippen LogP contribution in [-0.2, 0) is 0 Å². The van der Waals surface area contributed by atoms with Gasteiger partial charge in [0.2, 0.25) is 0 Å². The molecule has 1 unspecified atom stereocenters. The molecule has 3 nitrogen and oxygen atoms in total. The minimum Gasteiger partial charge on any atom is -0.490 e. The molecule has 1 aromatic rings. The van der Waals surface area contributed by atoms with Crippen molar-refractivity contribution in [1.82, 2.24) is 0 Å². The second kappa shape index (κ2) is 6.01. The smallest absolute Gasteiger partial charge is 0.153 e. The summed E-state index contributed by atoms with van der Waals surface area (Å²) in [6.45, 7) is 3.95. The van der Waals surface area contributed by atoms with Gasteiger partial charge in [0.25, 0.3) is 0 Å². The van der Waals surface area contributed by atoms with E-state index in [1.165, 1.54) is 0 Å². The highest BCUT2D eigenvalue weighted by molar-refractivity contribution is 9.10. The standard InChI is InChI=1S/C12H15BrO3/c1-3-11(15)7-16-12-8(2)4-10(13)5-9(12)6-14/h4-6,11,15H,3,7H2,1-2H3. The Morgan fingerprint density at radius 3 is 2.81 bits per heavy atom. The topological polar surface area (TPSA) is 46.5 Å². The highest BCUT2D eigenvalue weighted by Crippen LogP contribution is 2.27. The lowest BCUT2D eigenvalue weighted by Gasteiger charge is -2.14. The summed E-state index contributed by atoms with van der Waals surface area (Å²) in [5, 5.41) is 9.41. The summed E-state index contributed by atoms with van der Waals surface area (Å²) in [7, 11) is 0. The van der Waals surface area contributed by atoms with Crippen LogP contribution in [0.3, 0.4) is 0 Å². The first-order valence-corrected chi connectivity index (χ1v) is 5.94. The maximum atomic E-state index is 10.9. The normalized spacial score (nSPS) is 12.2. The first-order chi connectivity index (χ1) is 7.58. The van der Waals surface area contributed by atoms with Crippen LogP contribution in [0.25, 0.3) is 0 Å². The molecule has 16 heavy (non-hydrogen) atoms. The van der Waals surface area contributed by atoms with Crippen molar-refractivity contribution in [3.63, 3.8) is 0 Å². The fraction of sp³-hybridized carbons (Fsp3) is 0.417. The Morgan fingerprint density at radius 1 is 1.56 bits per heavy atom. The van der Waals surface area contributed by atoms with Crippen molar-refractivity contribution >= 4 is 22.2 Å². The van der Waals surface area contributed by atoms with E-state index >= 15 is 0 Å². The Balaban J connectivity index is 2.89. The molecule has 1 atom stereocenters. The minimum absolute atomic E-state index is 0.208. The molecule has 0 aliphatic carbocycles. The van der Waals surface area contributed by atoms with Gasteiger partial charge in [0.15, 0.2) is 6.29 Å². The Hall–Kier alpha value is -0.870. The number of halogens is 1. The Bertz CT molecular complexity index is 377. The summed E-state index contributed by atoms with van der Waals surface area (Å²) in [6, 6.07) is 3.58. The third kappa shape index (κ3) is 3.32. The molecule has 0 saturated carbocycles. The molecule has 0 bridgehead atoms. The zero-order chi connectivity index (χ0) is 12.1. The summed E-state index contributed by atoms with van der Waals surface area (Å²) >= 11 is 3.32. The maximum Gasteiger partial charge on any atom is 0.153 e. The van der Waals surface area contributed by atoms with Crippen molar-refractivity contribution in [2.75, 3.05) is 6.61 Å². The van der Waals surface area contributed by atoms with Crippen molar-refractivity contribution < 1.29 is 14.6 Å². The Kier molecular flexibility index (Phi) is 4.96. The average molecular weight is 287 g/mol. The summed E-state index contributed by atoms with van der Waals surface area (Å²) in [4.78, 5) is 10.9. The predicted molar refractivity (Wildman–Crippen MR) is 66.1 cm³/mol. The number of carbonyl (C=O) groups excluding carboxylic acids is 1. The lowest BCUT2D eigenvalue weighted by Crippen LogP contribution is -2.17. The molecule has 0 aliphatic rings. The summed E-state index contributed by atoms with van der Waals surface area (Å²) in [5.41, 5.74) is 1.37. The number of ether oxygens (including phenoxy) is 1. The van der Waals surface area contributed by atoms with Gasteiger partial charge in [0.1, 0.15) is 12.4 Å². The third-order valence-corrected chi connectivity index (χ3v) is 2.74. The molecule has 0 heterocycles. The van der Waals surface area contributed by atoms with Gasteiger partial charge >= 0.3 is 0 Å². The van der Waals surface area contributed by atoms with Gasteiger partial charge in [0.05, 0.1) is 11.7 Å². The predicted octanol–water partition coefficient (Wildman–Crippen LogP) is 2.72. The third-order valence-electron chi connectivity index (χ3n) is 2.29. The molecule has 4 heteroatoms. The van der Waals surface area contributed by atoms with Crippen molar-refractivity contribution in [2.24, 2.45) is 0 Å². The molecule has 0 spiro atoms. The van der Waals surface area contributed by atoms with Crippen molar-refractivity contribution in [3.05, 3.63) is 27.7 Å². The van der Waals surface area contributed by atoms with E-state index < -0.39 is 6.10 Å². The first kappa shape index (κ1) is 13.2. The van der Waals surface area contributed by atoms with Crippen molar-refractivity contribution in [1.29, 1.82) is 0 Å². The van der Waals surface area contributed by atoms with Crippen LogP contribution in [0.1, 0.15) is 29.3 Å². The average Bonchev–Trinajstić information content (AvgIpc) is 2.26. The monoisotopic (exact) mass is 286 g/mol. The molecule has 0 fully saturated rings. The zero-order valence-electron chi connectivity index (χ0n) is 9.37. The number of aldehydes is 1. The number of aliphatic hydroxyl groups excluding tert-OH is 1. The molecule has 1 rings (SSSR count). The van der Waals surface area contributed by atoms with Crippen LogP contribution in [0.2, 0.25) is 0 Å². The van der Waals surface area contributed by atoms with Gasteiger partial charge in [-0.3, -0.25) is 4.79 Å². The number of rotatable bonds is 5. The molecule has 88 valence electrons. The lowest BCUT2D eigenvalue weighted by molar-refractivity contribution is 0.101. The van der Waals surface area contributed by atoms with Crippen LogP contribution < -0.4 is 4.74 Å². The highest BCUT2D eigenvalue weighted by atomic mass is 79.9. The maximum absolute atomic E-state index is 10.9. The van der Waals surface area contributed by atoms with E-state index in [1.54, 1.807) is 6.07 Å². The Morgan fingerprint density at radius 2 is 2.25 bits per heavy atom. The van der Waals surface area contributed by atoms with Crippen LogP contribution in [0, 0.1) is 6.92 Å². The highest BCUT2D eigenvalue weighted by Gasteiger charge is 2.10. The molecule has 0 aliphatic heterocycles. The summed E-state index contributed by atoms with van der Waals surface area (Å²) in [6.07, 6.45) is 0.889. The van der Waals surface area contributed by atoms with Crippen LogP contribution in [0.4, 0.5) is 0 Å². The largest absolute Gasteiger partial charge is 0.490 e. The molecular weight excluding hydrogens is 272 g/mol. The lowest BCUT2D eigenvalue weighted by atomic mass is 10.1. The SMILES string of the molecule is CCC(O)COc1c(C)cc(Br)cc1C=O. The number of benzene rings is 1. The molecule has 0 aromatic heterocycles. The summed E-state index contributed by atoms with van der Waals surface area (Å²) < 4.78 is 6.31. The quantitative estimate of drug-likeness (QED) is 0.847. The van der Waals surface area contributed by atoms with E-state index in [0.29, 0.717) is 17.7 Å². The van der Waals surface area contributed by atoms with Gasteiger partial charge in [-0.05, 0) is 31.0 Å². The van der Waals surface area contributed by atoms with Gasteiger partial charge in [-0.15, -0.1) is 0 Å². The molecule has 0 radical (unpaired) electrons. The fourth-order valence-corrected chi connectivity index (χ4v) is 1.93. The first-order valence-electron chi connectivity index (χ1n) is 5.14. The van der Waals surface area contributed by atoms with Gasteiger partial charge in [0, 0.05) is 4.47 Å². The number of aliphatic hydroxyl groups is 1. The van der Waals surface area contributed by atoms with Crippen LogP contribution in [-0.4, -0.2) is 24.1 Å². The van der Waals surface area contributed by atoms with Gasteiger partial charge < -0.3 is 9.84 Å². The number of hydrogen-bond acceptors (Lipinski definition) is 3. The molecule has 0 amide bonds. The van der Waals surface area contributed by atoms with Crippen molar-refractivity contribution in [3.8, 4) is 5.75 Å². The van der Waals surface area contributed by atoms with Crippen LogP contribution in [0.5, 0.6) is 5.75 Å². The number of carbonyl (C=O) groups is 1. The number of hydrogen-bond donors (Lipinski definition) is 1. The van der Waals surface area contributed by atoms with Gasteiger partial charge in [-0.25, -0.2) is 0 Å². The summed E-state index contributed by atoms with van der Waals surface area (Å²) in [5.74, 6) is 0.547. The van der Waals surface area contributed by atoms with Crippen molar-refractivity contribution in [2.45, 2.75) is 26.4 Å². The minimum atomic E-state index is -0.498. The zero-order valence-corrected chi connectivity index (χ0v) is 11.0. The fourth-order valence-electron chi connectivity index (χ4n) is 1.34. The molecule has 0 saturated heterocycles. The Labute approximate surface area is 104 Å². The van der Waals surface area contributed by atoms with Gasteiger partial charge in [-0.2, -0.15) is 0 Å². The van der Waals surface area contributed by atoms with E-state index in [-0.39, 0.29) is 6.61 Å². The second-order valence-corrected chi connectivity index (χ2v) is 4.55. The van der Waals surface area contributed by atoms with Gasteiger partial charge in [-0.1, -0.05) is 22.9 Å². The van der Waals surface area contributed by atoms with E-state index in [0.717, 1.165) is 16.3 Å². The van der Waals surface area contributed by atoms with E-state index in [4.69, 9.17) is 4.74 Å². The van der Waals surface area contributed by atoms with E-state index in [2.05, 4.69) is 15.9 Å². The molecular formula is C12H15BrO3. The van der Waals surface area contributed by atoms with Crippen LogP contribution >= 0.6 is 15.9 Å². The molecule has 1 N–H and O–H groups in total. The van der Waals surface area contributed by atoms with E-state index in [1.807, 2.05) is 19.9 Å². The van der Waals surface area contributed by atoms with Crippen LogP contribution in [0.15, 0.2) is 16.6 Å². The van der Waals surface area contributed by atoms with E-state index in [9.17, 15) is 9.90 Å². The number of aryl methyl sites for hydroxylation is 1. The second-order valence-electron chi connectivity index (χ2n) is 3.63.